The highest BCUT2D eigenvalue weighted by Crippen LogP contribution is 2.39. The normalized spacial score (nSPS) is 11.1. The van der Waals surface area contributed by atoms with Gasteiger partial charge < -0.3 is 8.98 Å². The largest absolute Gasteiger partial charge is 0.456 e. The molecule has 5 nitrogen and oxygen atoms in total. The van der Waals surface area contributed by atoms with E-state index < -0.39 is 0 Å². The van der Waals surface area contributed by atoms with Crippen LogP contribution in [0.4, 0.5) is 0 Å². The van der Waals surface area contributed by atoms with Gasteiger partial charge in [-0.3, -0.25) is 0 Å². The Morgan fingerprint density at radius 2 is 0.920 bits per heavy atom. The molecule has 0 aliphatic heterocycles. The van der Waals surface area contributed by atoms with Gasteiger partial charge in [-0.1, -0.05) is 54.6 Å². The molecule has 0 atom stereocenters. The number of hydrogen-bond acceptors (Lipinski definition) is 4. The van der Waals surface area contributed by atoms with Gasteiger partial charge in [-0.15, -0.1) is 0 Å². The van der Waals surface area contributed by atoms with Gasteiger partial charge in [-0.2, -0.15) is 15.8 Å². The molecule has 0 aliphatic rings. The van der Waals surface area contributed by atoms with Crippen LogP contribution in [0, 0.1) is 34.0 Å². The number of para-hydroxylation sites is 1. The lowest BCUT2D eigenvalue weighted by molar-refractivity contribution is 0.669. The third-order valence-corrected chi connectivity index (χ3v) is 9.43. The van der Waals surface area contributed by atoms with E-state index in [1.807, 2.05) is 91.0 Å². The number of aromatic nitrogens is 1. The molecule has 9 aromatic rings. The minimum atomic E-state index is 0.561. The van der Waals surface area contributed by atoms with E-state index in [1.165, 1.54) is 0 Å². The number of benzene rings is 7. The van der Waals surface area contributed by atoms with Crippen molar-refractivity contribution in [3.05, 3.63) is 162 Å². The van der Waals surface area contributed by atoms with E-state index in [0.717, 1.165) is 82.8 Å². The van der Waals surface area contributed by atoms with Crippen LogP contribution in [0.3, 0.4) is 0 Å². The Labute approximate surface area is 287 Å². The van der Waals surface area contributed by atoms with E-state index in [4.69, 9.17) is 4.42 Å². The van der Waals surface area contributed by atoms with Gasteiger partial charge in [0.15, 0.2) is 0 Å². The molecular formula is C45H24N4O. The summed E-state index contributed by atoms with van der Waals surface area (Å²) in [7, 11) is 0. The summed E-state index contributed by atoms with van der Waals surface area (Å²) in [6.45, 7) is 0. The summed E-state index contributed by atoms with van der Waals surface area (Å²) in [6, 6.07) is 55.3. The molecule has 50 heavy (non-hydrogen) atoms. The number of nitrogens with zero attached hydrogens (tertiary/aromatic N) is 4. The molecule has 5 heteroatoms. The van der Waals surface area contributed by atoms with Crippen molar-refractivity contribution in [2.75, 3.05) is 0 Å². The van der Waals surface area contributed by atoms with Gasteiger partial charge in [-0.05, 0) is 124 Å². The lowest BCUT2D eigenvalue weighted by atomic mass is 9.94. The summed E-state index contributed by atoms with van der Waals surface area (Å²) in [5.74, 6) is 0. The Bertz CT molecular complexity index is 2910. The topological polar surface area (TPSA) is 89.4 Å². The van der Waals surface area contributed by atoms with E-state index in [0.29, 0.717) is 16.7 Å². The quantitative estimate of drug-likeness (QED) is 0.192. The Hall–Kier alpha value is -7.39. The van der Waals surface area contributed by atoms with Gasteiger partial charge in [0.25, 0.3) is 0 Å². The molecule has 2 aromatic heterocycles. The standard InChI is InChI=1S/C45H24N4O/c46-25-28-5-3-6-31(17-28)32-7-4-8-33(20-32)35-21-36(34-13-16-45-41(24-34)38-9-1-2-10-44(38)50-45)23-37(22-35)49-42-14-11-29(26-47)18-39(42)40-19-30(27-48)12-15-43(40)49/h1-24H. The van der Waals surface area contributed by atoms with E-state index in [2.05, 4.69) is 77.4 Å². The zero-order valence-corrected chi connectivity index (χ0v) is 26.6. The highest BCUT2D eigenvalue weighted by atomic mass is 16.3. The molecule has 0 amide bonds. The smallest absolute Gasteiger partial charge is 0.135 e. The summed E-state index contributed by atoms with van der Waals surface area (Å²) in [5, 5.41) is 33.0. The number of furan rings is 1. The van der Waals surface area contributed by atoms with Crippen LogP contribution < -0.4 is 0 Å². The maximum atomic E-state index is 9.75. The second kappa shape index (κ2) is 11.4. The first-order valence-electron chi connectivity index (χ1n) is 16.2. The molecule has 0 spiro atoms. The van der Waals surface area contributed by atoms with Crippen molar-refractivity contribution in [2.45, 2.75) is 0 Å². The summed E-state index contributed by atoms with van der Waals surface area (Å²) >= 11 is 0. The third kappa shape index (κ3) is 4.69. The maximum Gasteiger partial charge on any atom is 0.135 e. The van der Waals surface area contributed by atoms with Gasteiger partial charge in [-0.25, -0.2) is 0 Å². The van der Waals surface area contributed by atoms with Gasteiger partial charge in [0.05, 0.1) is 45.9 Å². The fourth-order valence-corrected chi connectivity index (χ4v) is 7.07. The fraction of sp³-hybridized carbons (Fsp3) is 0. The average Bonchev–Trinajstić information content (AvgIpc) is 3.72. The first kappa shape index (κ1) is 28.8. The average molecular weight is 637 g/mol. The molecule has 0 saturated carbocycles. The second-order valence-electron chi connectivity index (χ2n) is 12.4. The van der Waals surface area contributed by atoms with Crippen molar-refractivity contribution in [1.29, 1.82) is 15.8 Å². The first-order chi connectivity index (χ1) is 24.6. The molecular weight excluding hydrogens is 613 g/mol. The number of hydrogen-bond donors (Lipinski definition) is 0. The van der Waals surface area contributed by atoms with Crippen LogP contribution in [0.1, 0.15) is 16.7 Å². The Morgan fingerprint density at radius 1 is 0.380 bits per heavy atom. The van der Waals surface area contributed by atoms with Crippen molar-refractivity contribution in [3.8, 4) is 57.3 Å². The second-order valence-corrected chi connectivity index (χ2v) is 12.4. The maximum absolute atomic E-state index is 9.75. The molecule has 0 unspecified atom stereocenters. The molecule has 0 saturated heterocycles. The van der Waals surface area contributed by atoms with Crippen molar-refractivity contribution >= 4 is 43.7 Å². The molecule has 0 fully saturated rings. The number of fused-ring (bicyclic) bond motifs is 6. The van der Waals surface area contributed by atoms with Crippen molar-refractivity contribution in [2.24, 2.45) is 0 Å². The Morgan fingerprint density at radius 3 is 1.60 bits per heavy atom. The monoisotopic (exact) mass is 636 g/mol. The predicted octanol–water partition coefficient (Wildman–Crippen LogP) is 11.3. The lowest BCUT2D eigenvalue weighted by Crippen LogP contribution is -1.96. The summed E-state index contributed by atoms with van der Waals surface area (Å²) in [6.07, 6.45) is 0. The molecule has 7 aromatic carbocycles. The van der Waals surface area contributed by atoms with Crippen molar-refractivity contribution < 1.29 is 4.42 Å². The van der Waals surface area contributed by atoms with E-state index in [-0.39, 0.29) is 0 Å². The van der Waals surface area contributed by atoms with Crippen molar-refractivity contribution in [1.82, 2.24) is 4.57 Å². The van der Waals surface area contributed by atoms with E-state index in [9.17, 15) is 15.8 Å². The summed E-state index contributed by atoms with van der Waals surface area (Å²) in [5.41, 5.74) is 12.4. The van der Waals surface area contributed by atoms with Gasteiger partial charge in [0.1, 0.15) is 11.2 Å². The number of nitriles is 3. The van der Waals surface area contributed by atoms with E-state index in [1.54, 1.807) is 0 Å². The minimum Gasteiger partial charge on any atom is -0.456 e. The van der Waals surface area contributed by atoms with Crippen LogP contribution in [0.2, 0.25) is 0 Å². The first-order valence-corrected chi connectivity index (χ1v) is 16.2. The Balaban J connectivity index is 1.31. The minimum absolute atomic E-state index is 0.561. The van der Waals surface area contributed by atoms with Crippen LogP contribution in [-0.2, 0) is 0 Å². The molecule has 2 heterocycles. The van der Waals surface area contributed by atoms with Gasteiger partial charge in [0.2, 0.25) is 0 Å². The molecule has 0 radical (unpaired) electrons. The highest BCUT2D eigenvalue weighted by Gasteiger charge is 2.17. The molecule has 0 N–H and O–H groups in total. The van der Waals surface area contributed by atoms with Crippen LogP contribution in [0.5, 0.6) is 0 Å². The van der Waals surface area contributed by atoms with Crippen LogP contribution in [0.15, 0.2) is 150 Å². The highest BCUT2D eigenvalue weighted by molar-refractivity contribution is 6.10. The third-order valence-electron chi connectivity index (χ3n) is 9.43. The van der Waals surface area contributed by atoms with Crippen LogP contribution in [-0.4, -0.2) is 4.57 Å². The molecule has 0 bridgehead atoms. The zero-order chi connectivity index (χ0) is 33.8. The lowest BCUT2D eigenvalue weighted by Gasteiger charge is -2.15. The summed E-state index contributed by atoms with van der Waals surface area (Å²) < 4.78 is 8.37. The Kier molecular flexibility index (Phi) is 6.56. The van der Waals surface area contributed by atoms with E-state index >= 15 is 0 Å². The molecule has 9 rings (SSSR count). The fourth-order valence-electron chi connectivity index (χ4n) is 7.07. The van der Waals surface area contributed by atoms with Crippen LogP contribution in [0.25, 0.3) is 82.8 Å². The molecule has 230 valence electrons. The van der Waals surface area contributed by atoms with Crippen LogP contribution >= 0.6 is 0 Å². The van der Waals surface area contributed by atoms with Gasteiger partial charge >= 0.3 is 0 Å². The van der Waals surface area contributed by atoms with Gasteiger partial charge in [0, 0.05) is 27.2 Å². The zero-order valence-electron chi connectivity index (χ0n) is 26.6. The summed E-state index contributed by atoms with van der Waals surface area (Å²) in [4.78, 5) is 0. The SMILES string of the molecule is N#Cc1cccc(-c2cccc(-c3cc(-c4ccc5oc6ccccc6c5c4)cc(-n4c5ccc(C#N)cc5c5cc(C#N)ccc54)c3)c2)c1. The molecule has 0 aliphatic carbocycles. The number of rotatable bonds is 4. The van der Waals surface area contributed by atoms with Crippen molar-refractivity contribution in [3.63, 3.8) is 0 Å². The predicted molar refractivity (Wildman–Crippen MR) is 199 cm³/mol.